The molecule has 0 aliphatic carbocycles. The van der Waals surface area contributed by atoms with Crippen LogP contribution in [0.1, 0.15) is 27.6 Å². The van der Waals surface area contributed by atoms with Gasteiger partial charge in [-0.1, -0.05) is 29.8 Å². The quantitative estimate of drug-likeness (QED) is 0.910. The largest absolute Gasteiger partial charge is 0.387 e. The Morgan fingerprint density at radius 1 is 1.19 bits per heavy atom. The van der Waals surface area contributed by atoms with Crippen LogP contribution in [0, 0.1) is 18.6 Å². The second kappa shape index (κ2) is 6.45. The number of aryl methyl sites for hydroxylation is 1. The highest BCUT2D eigenvalue weighted by Gasteiger charge is 2.14. The van der Waals surface area contributed by atoms with E-state index in [0.29, 0.717) is 11.6 Å². The summed E-state index contributed by atoms with van der Waals surface area (Å²) < 4.78 is 26.2. The van der Waals surface area contributed by atoms with Crippen LogP contribution in [0.2, 0.25) is 0 Å². The Labute approximate surface area is 121 Å². The van der Waals surface area contributed by atoms with Gasteiger partial charge in [0, 0.05) is 12.6 Å². The van der Waals surface area contributed by atoms with Crippen molar-refractivity contribution in [2.24, 2.45) is 0 Å². The fourth-order valence-electron chi connectivity index (χ4n) is 1.86. The highest BCUT2D eigenvalue weighted by molar-refractivity contribution is 5.94. The summed E-state index contributed by atoms with van der Waals surface area (Å²) in [5.41, 5.74) is 1.45. The van der Waals surface area contributed by atoms with Crippen LogP contribution in [0.25, 0.3) is 0 Å². The van der Waals surface area contributed by atoms with E-state index in [9.17, 15) is 18.7 Å². The standard InChI is InChI=1S/C16H15F2NO2/c1-10-2-4-11(5-3-10)15(20)9-19-16(21)13-7-6-12(17)8-14(13)18/h2-8,15,20H,9H2,1H3,(H,19,21). The summed E-state index contributed by atoms with van der Waals surface area (Å²) in [5, 5.41) is 12.4. The molecule has 0 heterocycles. The van der Waals surface area contributed by atoms with Crippen LogP contribution in [0.5, 0.6) is 0 Å². The molecule has 1 unspecified atom stereocenters. The van der Waals surface area contributed by atoms with Crippen molar-refractivity contribution in [3.05, 3.63) is 70.8 Å². The van der Waals surface area contributed by atoms with Gasteiger partial charge >= 0.3 is 0 Å². The molecule has 0 saturated heterocycles. The van der Waals surface area contributed by atoms with Crippen molar-refractivity contribution in [1.82, 2.24) is 5.32 Å². The molecule has 0 saturated carbocycles. The Kier molecular flexibility index (Phi) is 4.65. The lowest BCUT2D eigenvalue weighted by Gasteiger charge is -2.13. The van der Waals surface area contributed by atoms with Gasteiger partial charge in [0.15, 0.2) is 0 Å². The molecular formula is C16H15F2NO2. The monoisotopic (exact) mass is 291 g/mol. The van der Waals surface area contributed by atoms with E-state index in [1.165, 1.54) is 0 Å². The molecule has 1 atom stereocenters. The van der Waals surface area contributed by atoms with Crippen molar-refractivity contribution in [3.63, 3.8) is 0 Å². The van der Waals surface area contributed by atoms with Gasteiger partial charge in [-0.25, -0.2) is 8.78 Å². The number of amides is 1. The van der Waals surface area contributed by atoms with Gasteiger partial charge in [0.25, 0.3) is 5.91 Å². The molecule has 1 amide bonds. The number of hydrogen-bond acceptors (Lipinski definition) is 2. The summed E-state index contributed by atoms with van der Waals surface area (Å²) >= 11 is 0. The molecule has 0 bridgehead atoms. The minimum Gasteiger partial charge on any atom is -0.387 e. The first-order valence-corrected chi connectivity index (χ1v) is 6.45. The minimum atomic E-state index is -0.933. The number of rotatable bonds is 4. The molecule has 2 aromatic rings. The number of benzene rings is 2. The SMILES string of the molecule is Cc1ccc(C(O)CNC(=O)c2ccc(F)cc2F)cc1. The lowest BCUT2D eigenvalue weighted by Crippen LogP contribution is -2.29. The third kappa shape index (κ3) is 3.86. The van der Waals surface area contributed by atoms with Gasteiger partial charge in [0.2, 0.25) is 0 Å². The number of hydrogen-bond donors (Lipinski definition) is 2. The first-order valence-electron chi connectivity index (χ1n) is 6.45. The molecule has 0 fully saturated rings. The molecule has 2 rings (SSSR count). The molecule has 0 aliphatic rings. The highest BCUT2D eigenvalue weighted by Crippen LogP contribution is 2.14. The first kappa shape index (κ1) is 15.1. The van der Waals surface area contributed by atoms with Gasteiger partial charge in [-0.15, -0.1) is 0 Å². The predicted molar refractivity (Wildman–Crippen MR) is 74.8 cm³/mol. The molecule has 5 heteroatoms. The van der Waals surface area contributed by atoms with Crippen LogP contribution >= 0.6 is 0 Å². The summed E-state index contributed by atoms with van der Waals surface area (Å²) in [6.07, 6.45) is -0.891. The van der Waals surface area contributed by atoms with Gasteiger partial charge < -0.3 is 10.4 Å². The molecule has 0 radical (unpaired) electrons. The van der Waals surface area contributed by atoms with Gasteiger partial charge in [0.1, 0.15) is 11.6 Å². The van der Waals surface area contributed by atoms with E-state index in [-0.39, 0.29) is 12.1 Å². The lowest BCUT2D eigenvalue weighted by atomic mass is 10.1. The van der Waals surface area contributed by atoms with E-state index in [1.54, 1.807) is 12.1 Å². The molecule has 0 spiro atoms. The number of aliphatic hydroxyl groups excluding tert-OH is 1. The smallest absolute Gasteiger partial charge is 0.254 e. The van der Waals surface area contributed by atoms with E-state index >= 15 is 0 Å². The molecular weight excluding hydrogens is 276 g/mol. The fraction of sp³-hybridized carbons (Fsp3) is 0.188. The Morgan fingerprint density at radius 3 is 2.48 bits per heavy atom. The maximum atomic E-state index is 13.4. The van der Waals surface area contributed by atoms with Crippen molar-refractivity contribution in [3.8, 4) is 0 Å². The van der Waals surface area contributed by atoms with Crippen LogP contribution in [0.15, 0.2) is 42.5 Å². The fourth-order valence-corrected chi connectivity index (χ4v) is 1.86. The normalized spacial score (nSPS) is 12.0. The third-order valence-corrected chi connectivity index (χ3v) is 3.09. The zero-order chi connectivity index (χ0) is 15.4. The summed E-state index contributed by atoms with van der Waals surface area (Å²) in [6.45, 7) is 1.87. The molecule has 0 aliphatic heterocycles. The number of halogens is 2. The van der Waals surface area contributed by atoms with Crippen molar-refractivity contribution in [2.75, 3.05) is 6.54 Å². The average Bonchev–Trinajstić information content (AvgIpc) is 2.45. The van der Waals surface area contributed by atoms with E-state index in [1.807, 2.05) is 19.1 Å². The van der Waals surface area contributed by atoms with Gasteiger partial charge in [-0.3, -0.25) is 4.79 Å². The Hall–Kier alpha value is -2.27. The summed E-state index contributed by atoms with van der Waals surface area (Å²) in [6, 6.07) is 9.92. The Morgan fingerprint density at radius 2 is 1.86 bits per heavy atom. The number of carbonyl (C=O) groups excluding carboxylic acids is 1. The van der Waals surface area contributed by atoms with Crippen molar-refractivity contribution >= 4 is 5.91 Å². The second-order valence-corrected chi connectivity index (χ2v) is 4.76. The predicted octanol–water partition coefficient (Wildman–Crippen LogP) is 2.74. The number of carbonyl (C=O) groups is 1. The van der Waals surface area contributed by atoms with Crippen molar-refractivity contribution < 1.29 is 18.7 Å². The second-order valence-electron chi connectivity index (χ2n) is 4.76. The van der Waals surface area contributed by atoms with E-state index in [0.717, 1.165) is 17.7 Å². The average molecular weight is 291 g/mol. The summed E-state index contributed by atoms with van der Waals surface area (Å²) in [4.78, 5) is 11.8. The zero-order valence-corrected chi connectivity index (χ0v) is 11.4. The van der Waals surface area contributed by atoms with Crippen LogP contribution in [0.3, 0.4) is 0 Å². The van der Waals surface area contributed by atoms with Gasteiger partial charge in [0.05, 0.1) is 11.7 Å². The van der Waals surface area contributed by atoms with Crippen LogP contribution in [0.4, 0.5) is 8.78 Å². The van der Waals surface area contributed by atoms with Crippen LogP contribution < -0.4 is 5.32 Å². The zero-order valence-electron chi connectivity index (χ0n) is 11.4. The van der Waals surface area contributed by atoms with E-state index < -0.39 is 23.6 Å². The van der Waals surface area contributed by atoms with Gasteiger partial charge in [-0.05, 0) is 24.6 Å². The topological polar surface area (TPSA) is 49.3 Å². The number of aliphatic hydroxyl groups is 1. The molecule has 0 aromatic heterocycles. The third-order valence-electron chi connectivity index (χ3n) is 3.09. The minimum absolute atomic E-state index is 0.0568. The van der Waals surface area contributed by atoms with Gasteiger partial charge in [-0.2, -0.15) is 0 Å². The summed E-state index contributed by atoms with van der Waals surface area (Å²) in [5.74, 6) is -2.38. The molecule has 21 heavy (non-hydrogen) atoms. The van der Waals surface area contributed by atoms with Crippen molar-refractivity contribution in [1.29, 1.82) is 0 Å². The maximum Gasteiger partial charge on any atom is 0.254 e. The van der Waals surface area contributed by atoms with Crippen LogP contribution in [-0.2, 0) is 0 Å². The highest BCUT2D eigenvalue weighted by atomic mass is 19.1. The lowest BCUT2D eigenvalue weighted by molar-refractivity contribution is 0.0912. The maximum absolute atomic E-state index is 13.4. The molecule has 2 aromatic carbocycles. The Balaban J connectivity index is 1.99. The molecule has 3 nitrogen and oxygen atoms in total. The first-order chi connectivity index (χ1) is 9.97. The number of nitrogens with one attached hydrogen (secondary N) is 1. The molecule has 2 N–H and O–H groups in total. The molecule has 110 valence electrons. The Bertz CT molecular complexity index is 641. The van der Waals surface area contributed by atoms with E-state index in [4.69, 9.17) is 0 Å². The summed E-state index contributed by atoms with van der Waals surface area (Å²) in [7, 11) is 0. The van der Waals surface area contributed by atoms with Crippen molar-refractivity contribution in [2.45, 2.75) is 13.0 Å². The van der Waals surface area contributed by atoms with E-state index in [2.05, 4.69) is 5.32 Å². The van der Waals surface area contributed by atoms with Crippen LogP contribution in [-0.4, -0.2) is 17.6 Å².